The Bertz CT molecular complexity index is 735. The van der Waals surface area contributed by atoms with Crippen LogP contribution in [0.2, 0.25) is 0 Å². The lowest BCUT2D eigenvalue weighted by molar-refractivity contribution is 0.471. The van der Waals surface area contributed by atoms with E-state index < -0.39 is 0 Å². The number of hydrogen-bond acceptors (Lipinski definition) is 1. The van der Waals surface area contributed by atoms with Gasteiger partial charge in [-0.25, -0.2) is 0 Å². The number of rotatable bonds is 4. The van der Waals surface area contributed by atoms with Crippen molar-refractivity contribution in [1.82, 2.24) is 5.32 Å². The van der Waals surface area contributed by atoms with Gasteiger partial charge in [0.1, 0.15) is 0 Å². The van der Waals surface area contributed by atoms with Gasteiger partial charge in [-0.2, -0.15) is 0 Å². The van der Waals surface area contributed by atoms with Crippen molar-refractivity contribution in [2.45, 2.75) is 47.6 Å². The van der Waals surface area contributed by atoms with E-state index in [0.29, 0.717) is 11.0 Å². The summed E-state index contributed by atoms with van der Waals surface area (Å²) in [6, 6.07) is 13.1. The maximum Gasteiger partial charge on any atom is 0.171 e. The number of thiocarbonyl (C=S) groups is 1. The topological polar surface area (TPSA) is 24.1 Å². The van der Waals surface area contributed by atoms with Gasteiger partial charge >= 0.3 is 0 Å². The fourth-order valence-electron chi connectivity index (χ4n) is 3.03. The predicted molar refractivity (Wildman–Crippen MR) is 109 cm³/mol. The van der Waals surface area contributed by atoms with Crippen molar-refractivity contribution in [3.63, 3.8) is 0 Å². The summed E-state index contributed by atoms with van der Waals surface area (Å²) in [5.41, 5.74) is 7.41. The molecule has 0 aromatic heterocycles. The number of benzene rings is 2. The smallest absolute Gasteiger partial charge is 0.171 e. The largest absolute Gasteiger partial charge is 0.355 e. The summed E-state index contributed by atoms with van der Waals surface area (Å²) < 4.78 is 0. The van der Waals surface area contributed by atoms with E-state index in [2.05, 4.69) is 88.6 Å². The van der Waals surface area contributed by atoms with Gasteiger partial charge in [-0.3, -0.25) is 0 Å². The van der Waals surface area contributed by atoms with Crippen molar-refractivity contribution in [3.05, 3.63) is 64.2 Å². The monoisotopic (exact) mass is 340 g/mol. The van der Waals surface area contributed by atoms with Crippen molar-refractivity contribution in [3.8, 4) is 0 Å². The van der Waals surface area contributed by atoms with Crippen molar-refractivity contribution >= 4 is 23.0 Å². The minimum Gasteiger partial charge on any atom is -0.355 e. The highest BCUT2D eigenvalue weighted by Crippen LogP contribution is 2.26. The highest BCUT2D eigenvalue weighted by atomic mass is 32.1. The number of nitrogens with one attached hydrogen (secondary N) is 2. The van der Waals surface area contributed by atoms with E-state index >= 15 is 0 Å². The SMILES string of the molecule is Cc1ccc(NC(=S)N[C@@H](c2ccc(C)cc2C)C(C)C)c(C)c1. The van der Waals surface area contributed by atoms with E-state index in [-0.39, 0.29) is 6.04 Å². The first-order valence-electron chi connectivity index (χ1n) is 8.50. The molecule has 0 heterocycles. The summed E-state index contributed by atoms with van der Waals surface area (Å²) in [5.74, 6) is 0.435. The molecule has 0 radical (unpaired) electrons. The molecule has 0 aliphatic carbocycles. The Balaban J connectivity index is 2.17. The summed E-state index contributed by atoms with van der Waals surface area (Å²) in [5, 5.41) is 7.51. The predicted octanol–water partition coefficient (Wildman–Crippen LogP) is 5.60. The third-order valence-electron chi connectivity index (χ3n) is 4.34. The van der Waals surface area contributed by atoms with E-state index in [9.17, 15) is 0 Å². The molecule has 0 saturated carbocycles. The molecule has 2 nitrogen and oxygen atoms in total. The minimum absolute atomic E-state index is 0.191. The average Bonchev–Trinajstić information content (AvgIpc) is 2.48. The van der Waals surface area contributed by atoms with Gasteiger partial charge in [0.15, 0.2) is 5.11 Å². The second-order valence-corrected chi connectivity index (χ2v) is 7.41. The Hall–Kier alpha value is -1.87. The molecule has 0 bridgehead atoms. The minimum atomic E-state index is 0.191. The van der Waals surface area contributed by atoms with Crippen LogP contribution in [0.3, 0.4) is 0 Å². The first kappa shape index (κ1) is 18.5. The number of hydrogen-bond donors (Lipinski definition) is 2. The Morgan fingerprint density at radius 2 is 1.46 bits per heavy atom. The second kappa shape index (κ2) is 7.80. The van der Waals surface area contributed by atoms with Crippen molar-refractivity contribution in [2.75, 3.05) is 5.32 Å². The standard InChI is InChI=1S/C21H28N2S/c1-13(2)20(18-9-7-14(3)11-16(18)5)23-21(24)22-19-10-8-15(4)12-17(19)6/h7-13,20H,1-6H3,(H2,22,23,24)/t20-/m1/s1. The summed E-state index contributed by atoms with van der Waals surface area (Å²) >= 11 is 5.57. The molecule has 0 aliphatic rings. The lowest BCUT2D eigenvalue weighted by Gasteiger charge is -2.26. The Morgan fingerprint density at radius 1 is 0.875 bits per heavy atom. The molecule has 0 fully saturated rings. The summed E-state index contributed by atoms with van der Waals surface area (Å²) in [6.07, 6.45) is 0. The van der Waals surface area contributed by atoms with E-state index in [1.165, 1.54) is 27.8 Å². The van der Waals surface area contributed by atoms with Crippen LogP contribution in [0.1, 0.15) is 47.7 Å². The van der Waals surface area contributed by atoms with Gasteiger partial charge in [0.25, 0.3) is 0 Å². The molecule has 3 heteroatoms. The van der Waals surface area contributed by atoms with Gasteiger partial charge in [-0.15, -0.1) is 0 Å². The molecule has 24 heavy (non-hydrogen) atoms. The molecule has 0 unspecified atom stereocenters. The van der Waals surface area contributed by atoms with Crippen molar-refractivity contribution in [1.29, 1.82) is 0 Å². The van der Waals surface area contributed by atoms with Gasteiger partial charge in [-0.05, 0) is 68.6 Å². The molecule has 1 atom stereocenters. The molecule has 0 aliphatic heterocycles. The van der Waals surface area contributed by atoms with Crippen molar-refractivity contribution in [2.24, 2.45) is 5.92 Å². The molecule has 0 amide bonds. The van der Waals surface area contributed by atoms with E-state index in [1.54, 1.807) is 0 Å². The molecule has 0 spiro atoms. The Labute approximate surface area is 151 Å². The maximum atomic E-state index is 5.57. The summed E-state index contributed by atoms with van der Waals surface area (Å²) in [6.45, 7) is 12.9. The van der Waals surface area contributed by atoms with Gasteiger partial charge in [0.2, 0.25) is 0 Å². The first-order valence-corrected chi connectivity index (χ1v) is 8.90. The maximum absolute atomic E-state index is 5.57. The van der Waals surface area contributed by atoms with Crippen LogP contribution >= 0.6 is 12.2 Å². The zero-order chi connectivity index (χ0) is 17.9. The summed E-state index contributed by atoms with van der Waals surface area (Å²) in [7, 11) is 0. The number of anilines is 1. The van der Waals surface area contributed by atoms with Crippen LogP contribution in [0, 0.1) is 33.6 Å². The second-order valence-electron chi connectivity index (χ2n) is 7.00. The number of aryl methyl sites for hydroxylation is 4. The van der Waals surface area contributed by atoms with E-state index in [1.807, 2.05) is 0 Å². The van der Waals surface area contributed by atoms with Crippen LogP contribution in [0.25, 0.3) is 0 Å². The summed E-state index contributed by atoms with van der Waals surface area (Å²) in [4.78, 5) is 0. The highest BCUT2D eigenvalue weighted by molar-refractivity contribution is 7.80. The van der Waals surface area contributed by atoms with Crippen LogP contribution in [0.5, 0.6) is 0 Å². The Morgan fingerprint density at radius 3 is 2.00 bits per heavy atom. The lowest BCUT2D eigenvalue weighted by atomic mass is 9.92. The van der Waals surface area contributed by atoms with Gasteiger partial charge in [0.05, 0.1) is 6.04 Å². The zero-order valence-electron chi connectivity index (χ0n) is 15.5. The van der Waals surface area contributed by atoms with Gasteiger partial charge in [-0.1, -0.05) is 55.3 Å². The van der Waals surface area contributed by atoms with E-state index in [0.717, 1.165) is 5.69 Å². The molecule has 128 valence electrons. The third-order valence-corrected chi connectivity index (χ3v) is 4.56. The van der Waals surface area contributed by atoms with Crippen LogP contribution < -0.4 is 10.6 Å². The molecule has 2 N–H and O–H groups in total. The Kier molecular flexibility index (Phi) is 6.00. The molecule has 2 aromatic rings. The molecule has 0 saturated heterocycles. The highest BCUT2D eigenvalue weighted by Gasteiger charge is 2.19. The van der Waals surface area contributed by atoms with Crippen LogP contribution in [-0.4, -0.2) is 5.11 Å². The van der Waals surface area contributed by atoms with E-state index in [4.69, 9.17) is 12.2 Å². The van der Waals surface area contributed by atoms with Gasteiger partial charge in [0, 0.05) is 5.69 Å². The molecule has 2 aromatic carbocycles. The van der Waals surface area contributed by atoms with Crippen LogP contribution in [0.4, 0.5) is 5.69 Å². The zero-order valence-corrected chi connectivity index (χ0v) is 16.3. The normalized spacial score (nSPS) is 12.1. The average molecular weight is 341 g/mol. The first-order chi connectivity index (χ1) is 11.3. The van der Waals surface area contributed by atoms with Crippen LogP contribution in [0.15, 0.2) is 36.4 Å². The fraction of sp³-hybridized carbons (Fsp3) is 0.381. The third kappa shape index (κ3) is 4.57. The molecular formula is C21H28N2S. The van der Waals surface area contributed by atoms with Gasteiger partial charge < -0.3 is 10.6 Å². The van der Waals surface area contributed by atoms with Crippen LogP contribution in [-0.2, 0) is 0 Å². The fourth-order valence-corrected chi connectivity index (χ4v) is 3.27. The van der Waals surface area contributed by atoms with Crippen molar-refractivity contribution < 1.29 is 0 Å². The quantitative estimate of drug-likeness (QED) is 0.708. The molecule has 2 rings (SSSR count). The molecular weight excluding hydrogens is 312 g/mol. The lowest BCUT2D eigenvalue weighted by Crippen LogP contribution is -2.35.